The Hall–Kier alpha value is -4.93. The van der Waals surface area contributed by atoms with Crippen molar-refractivity contribution in [3.8, 4) is 23.0 Å². The van der Waals surface area contributed by atoms with Gasteiger partial charge in [0.1, 0.15) is 0 Å². The summed E-state index contributed by atoms with van der Waals surface area (Å²) in [4.78, 5) is 0. The van der Waals surface area contributed by atoms with Gasteiger partial charge in [0, 0.05) is 25.5 Å². The Labute approximate surface area is 245 Å². The second kappa shape index (κ2) is 12.7. The van der Waals surface area contributed by atoms with Crippen molar-refractivity contribution in [2.45, 2.75) is 0 Å². The molecule has 6 rings (SSSR count). The van der Waals surface area contributed by atoms with Gasteiger partial charge in [-0.25, -0.2) is 0 Å². The lowest BCUT2D eigenvalue weighted by Gasteiger charge is -2.13. The van der Waals surface area contributed by atoms with Gasteiger partial charge in [0.05, 0.1) is 0 Å². The van der Waals surface area contributed by atoms with Crippen molar-refractivity contribution in [1.82, 2.24) is 4.31 Å². The van der Waals surface area contributed by atoms with Crippen molar-refractivity contribution < 1.29 is 27.4 Å². The number of nitrogens with two attached hydrogens (primary N) is 1. The normalized spacial score (nSPS) is 13.4. The maximum absolute atomic E-state index is 11.8. The van der Waals surface area contributed by atoms with Gasteiger partial charge >= 0.3 is 10.2 Å². The van der Waals surface area contributed by atoms with E-state index in [-0.39, 0.29) is 6.79 Å². The van der Waals surface area contributed by atoms with Crippen LogP contribution in [0.4, 0.5) is 11.4 Å². The molecule has 0 atom stereocenters. The fourth-order valence-electron chi connectivity index (χ4n) is 3.93. The summed E-state index contributed by atoms with van der Waals surface area (Å²) >= 11 is 0. The number of nitrogens with one attached hydrogen (secondary N) is 1. The fraction of sp³-hybridized carbons (Fsp3) is 0.125. The molecule has 0 aliphatic carbocycles. The van der Waals surface area contributed by atoms with E-state index in [9.17, 15) is 8.42 Å². The van der Waals surface area contributed by atoms with Gasteiger partial charge in [0.15, 0.2) is 23.0 Å². The van der Waals surface area contributed by atoms with Crippen LogP contribution in [0.1, 0.15) is 22.3 Å². The van der Waals surface area contributed by atoms with Crippen molar-refractivity contribution in [2.75, 3.05) is 38.1 Å². The first kappa shape index (κ1) is 28.6. The van der Waals surface area contributed by atoms with Gasteiger partial charge in [-0.3, -0.25) is 4.72 Å². The van der Waals surface area contributed by atoms with E-state index in [1.165, 1.54) is 14.1 Å². The second-order valence-electron chi connectivity index (χ2n) is 9.57. The lowest BCUT2D eigenvalue weighted by atomic mass is 10.1. The van der Waals surface area contributed by atoms with Gasteiger partial charge in [-0.15, -0.1) is 0 Å². The zero-order chi connectivity index (χ0) is 29.5. The molecule has 9 nitrogen and oxygen atoms in total. The molecule has 10 heteroatoms. The predicted molar refractivity (Wildman–Crippen MR) is 167 cm³/mol. The van der Waals surface area contributed by atoms with E-state index in [1.54, 1.807) is 12.1 Å². The van der Waals surface area contributed by atoms with E-state index in [0.717, 1.165) is 55.2 Å². The molecule has 2 aliphatic heterocycles. The highest BCUT2D eigenvalue weighted by molar-refractivity contribution is 7.90. The summed E-state index contributed by atoms with van der Waals surface area (Å²) in [6.45, 7) is 0.563. The molecule has 0 saturated carbocycles. The third-order valence-corrected chi connectivity index (χ3v) is 7.76. The quantitative estimate of drug-likeness (QED) is 0.203. The third-order valence-electron chi connectivity index (χ3n) is 6.30. The molecule has 4 aromatic carbocycles. The van der Waals surface area contributed by atoms with Crippen molar-refractivity contribution in [2.24, 2.45) is 0 Å². The Morgan fingerprint density at radius 2 is 1.02 bits per heavy atom. The van der Waals surface area contributed by atoms with Crippen LogP contribution in [0.2, 0.25) is 0 Å². The minimum atomic E-state index is -3.49. The molecule has 0 spiro atoms. The number of nitrogen functional groups attached to an aromatic ring is 1. The van der Waals surface area contributed by atoms with Gasteiger partial charge in [0.25, 0.3) is 0 Å². The lowest BCUT2D eigenvalue weighted by molar-refractivity contribution is 0.173. The molecule has 0 bridgehead atoms. The number of hydrogen-bond donors (Lipinski definition) is 2. The highest BCUT2D eigenvalue weighted by atomic mass is 32.2. The number of fused-ring (bicyclic) bond motifs is 2. The number of benzene rings is 4. The highest BCUT2D eigenvalue weighted by Gasteiger charge is 2.14. The molecule has 216 valence electrons. The van der Waals surface area contributed by atoms with E-state index in [1.807, 2.05) is 97.1 Å². The largest absolute Gasteiger partial charge is 0.454 e. The Balaban J connectivity index is 0.000000175. The van der Waals surface area contributed by atoms with Crippen LogP contribution in [0.3, 0.4) is 0 Å². The molecular formula is C32H31N3O6S. The average molecular weight is 586 g/mol. The van der Waals surface area contributed by atoms with Gasteiger partial charge in [-0.2, -0.15) is 12.7 Å². The zero-order valence-electron chi connectivity index (χ0n) is 23.2. The lowest BCUT2D eigenvalue weighted by Crippen LogP contribution is -2.28. The molecule has 3 N–H and O–H groups in total. The molecule has 0 fully saturated rings. The van der Waals surface area contributed by atoms with Crippen LogP contribution >= 0.6 is 0 Å². The van der Waals surface area contributed by atoms with Gasteiger partial charge in [0.2, 0.25) is 13.6 Å². The molecule has 0 saturated heterocycles. The topological polar surface area (TPSA) is 112 Å². The van der Waals surface area contributed by atoms with Crippen LogP contribution < -0.4 is 29.4 Å². The van der Waals surface area contributed by atoms with Gasteiger partial charge < -0.3 is 24.7 Å². The molecule has 0 unspecified atom stereocenters. The van der Waals surface area contributed by atoms with Crippen LogP contribution in [0.5, 0.6) is 23.0 Å². The number of ether oxygens (including phenoxy) is 4. The van der Waals surface area contributed by atoms with E-state index >= 15 is 0 Å². The molecule has 0 aromatic heterocycles. The van der Waals surface area contributed by atoms with Gasteiger partial charge in [-0.1, -0.05) is 60.7 Å². The molecule has 2 heterocycles. The summed E-state index contributed by atoms with van der Waals surface area (Å²) in [6, 6.07) is 26.5. The summed E-state index contributed by atoms with van der Waals surface area (Å²) in [7, 11) is -0.532. The first-order valence-electron chi connectivity index (χ1n) is 13.1. The average Bonchev–Trinajstić information content (AvgIpc) is 3.65. The first-order chi connectivity index (χ1) is 20.2. The maximum Gasteiger partial charge on any atom is 0.301 e. The summed E-state index contributed by atoms with van der Waals surface area (Å²) in [5.41, 5.74) is 11.1. The molecule has 0 amide bonds. The molecule has 2 aliphatic rings. The fourth-order valence-corrected chi connectivity index (χ4v) is 4.54. The predicted octanol–water partition coefficient (Wildman–Crippen LogP) is 5.97. The van der Waals surface area contributed by atoms with Gasteiger partial charge in [-0.05, 0) is 70.8 Å². The SMILES string of the molecule is CN(C)S(=O)(=O)Nc1ccc(/C=C/c2ccc3c(c2)OCO3)cc1.Nc1ccc(/C=C/c2ccc3c(c2)OCO3)cc1. The van der Waals surface area contributed by atoms with Crippen LogP contribution in [0.25, 0.3) is 24.3 Å². The Morgan fingerprint density at radius 3 is 1.50 bits per heavy atom. The molecule has 0 radical (unpaired) electrons. The summed E-state index contributed by atoms with van der Waals surface area (Å²) in [5.74, 6) is 3.10. The minimum Gasteiger partial charge on any atom is -0.454 e. The van der Waals surface area contributed by atoms with E-state index in [2.05, 4.69) is 4.72 Å². The minimum absolute atomic E-state index is 0.257. The molecular weight excluding hydrogens is 554 g/mol. The Kier molecular flexibility index (Phi) is 8.66. The second-order valence-corrected chi connectivity index (χ2v) is 11.5. The number of rotatable bonds is 7. The number of nitrogens with zero attached hydrogens (tertiary/aromatic N) is 1. The van der Waals surface area contributed by atoms with E-state index < -0.39 is 10.2 Å². The van der Waals surface area contributed by atoms with Crippen molar-refractivity contribution in [3.05, 3.63) is 107 Å². The van der Waals surface area contributed by atoms with Crippen molar-refractivity contribution in [3.63, 3.8) is 0 Å². The van der Waals surface area contributed by atoms with Crippen LogP contribution in [-0.2, 0) is 10.2 Å². The maximum atomic E-state index is 11.8. The zero-order valence-corrected chi connectivity index (χ0v) is 24.0. The highest BCUT2D eigenvalue weighted by Crippen LogP contribution is 2.34. The van der Waals surface area contributed by atoms with Crippen LogP contribution in [0.15, 0.2) is 84.9 Å². The standard InChI is InChI=1S/C17H18N2O4S.C15H13NO2/c1-19(2)24(20,21)18-15-8-5-13(6-9-15)3-4-14-7-10-16-17(11-14)23-12-22-16;16-13-6-3-11(4-7-13)1-2-12-5-8-14-15(9-12)18-10-17-14/h3-11,18H,12H2,1-2H3;1-9H,10,16H2/b4-3+;2-1+. The van der Waals surface area contributed by atoms with Crippen molar-refractivity contribution in [1.29, 1.82) is 0 Å². The smallest absolute Gasteiger partial charge is 0.301 e. The monoisotopic (exact) mass is 585 g/mol. The number of hydrogen-bond acceptors (Lipinski definition) is 7. The van der Waals surface area contributed by atoms with Crippen molar-refractivity contribution >= 4 is 45.9 Å². The Morgan fingerprint density at radius 1 is 0.619 bits per heavy atom. The molecule has 42 heavy (non-hydrogen) atoms. The Bertz CT molecular complexity index is 1700. The third kappa shape index (κ3) is 7.42. The first-order valence-corrected chi connectivity index (χ1v) is 14.5. The van der Waals surface area contributed by atoms with Crippen LogP contribution in [-0.4, -0.2) is 40.4 Å². The summed E-state index contributed by atoms with van der Waals surface area (Å²) < 4.78 is 48.4. The van der Waals surface area contributed by atoms with E-state index in [4.69, 9.17) is 24.7 Å². The summed E-state index contributed by atoms with van der Waals surface area (Å²) in [5, 5.41) is 0. The number of anilines is 2. The van der Waals surface area contributed by atoms with Crippen LogP contribution in [0, 0.1) is 0 Å². The van der Waals surface area contributed by atoms with E-state index in [0.29, 0.717) is 12.5 Å². The molecule has 4 aromatic rings. The summed E-state index contributed by atoms with van der Waals surface area (Å²) in [6.07, 6.45) is 7.98.